The van der Waals surface area contributed by atoms with Gasteiger partial charge in [-0.2, -0.15) is 0 Å². The number of aromatic nitrogens is 3. The van der Waals surface area contributed by atoms with Gasteiger partial charge in [-0.05, 0) is 40.8 Å². The minimum Gasteiger partial charge on any atom is -0.304 e. The van der Waals surface area contributed by atoms with E-state index < -0.39 is 0 Å². The van der Waals surface area contributed by atoms with Gasteiger partial charge >= 0.3 is 0 Å². The topological polar surface area (TPSA) is 38.7 Å². The summed E-state index contributed by atoms with van der Waals surface area (Å²) in [4.78, 5) is 13.5. The number of benzene rings is 4. The van der Waals surface area contributed by atoms with Gasteiger partial charge in [-0.1, -0.05) is 86.1 Å². The third-order valence-electron chi connectivity index (χ3n) is 6.64. The second-order valence-electron chi connectivity index (χ2n) is 9.88. The van der Waals surface area contributed by atoms with Crippen LogP contribution in [0.15, 0.2) is 128 Å². The average Bonchev–Trinajstić information content (AvgIpc) is 3.03. The maximum atomic E-state index is 4.59. The summed E-state index contributed by atoms with van der Waals surface area (Å²) in [6, 6.07) is 43.2. The molecule has 41 heavy (non-hydrogen) atoms. The van der Waals surface area contributed by atoms with Crippen LogP contribution >= 0.6 is 0 Å². The van der Waals surface area contributed by atoms with Crippen molar-refractivity contribution in [2.24, 2.45) is 0 Å². The van der Waals surface area contributed by atoms with Crippen LogP contribution in [0.5, 0.6) is 0 Å². The van der Waals surface area contributed by atoms with E-state index in [9.17, 15) is 0 Å². The predicted octanol–water partition coefficient (Wildman–Crippen LogP) is 9.26. The molecule has 0 aliphatic heterocycles. The van der Waals surface area contributed by atoms with Gasteiger partial charge in [0.2, 0.25) is 0 Å². The van der Waals surface area contributed by atoms with E-state index in [1.54, 1.807) is 0 Å². The summed E-state index contributed by atoms with van der Waals surface area (Å²) >= 11 is 0. The number of hydrogen-bond donors (Lipinski definition) is 0. The number of hydrogen-bond acceptors (Lipinski definition) is 3. The normalized spacial score (nSPS) is 10.3. The molecule has 0 amide bonds. The maximum absolute atomic E-state index is 4.59. The molecule has 0 N–H and O–H groups in total. The van der Waals surface area contributed by atoms with Gasteiger partial charge in [0.25, 0.3) is 0 Å². The molecule has 3 nitrogen and oxygen atoms in total. The number of pyridine rings is 1. The van der Waals surface area contributed by atoms with E-state index in [0.29, 0.717) is 5.92 Å². The Balaban J connectivity index is 0.000000185. The summed E-state index contributed by atoms with van der Waals surface area (Å²) < 4.78 is 0. The molecule has 0 bridgehead atoms. The minimum absolute atomic E-state index is 0. The zero-order chi connectivity index (χ0) is 27.7. The van der Waals surface area contributed by atoms with E-state index >= 15 is 0 Å². The fourth-order valence-electron chi connectivity index (χ4n) is 4.37. The van der Waals surface area contributed by atoms with Crippen molar-refractivity contribution in [2.75, 3.05) is 0 Å². The molecule has 0 saturated carbocycles. The van der Waals surface area contributed by atoms with E-state index in [1.165, 1.54) is 16.7 Å². The van der Waals surface area contributed by atoms with Crippen LogP contribution < -0.4 is 0 Å². The van der Waals surface area contributed by atoms with Gasteiger partial charge in [0.15, 0.2) is 0 Å². The third-order valence-corrected chi connectivity index (χ3v) is 6.64. The van der Waals surface area contributed by atoms with Crippen LogP contribution in [0.2, 0.25) is 0 Å². The van der Waals surface area contributed by atoms with Crippen molar-refractivity contribution in [2.45, 2.75) is 26.7 Å². The molecule has 205 valence electrons. The molecule has 4 heteroatoms. The molecule has 2 aromatic heterocycles. The fraction of sp³-hybridized carbons (Fsp3) is 0.108. The van der Waals surface area contributed by atoms with Gasteiger partial charge in [0.05, 0.1) is 5.82 Å². The Hall–Kier alpha value is -4.24. The molecular formula is C37H31IrN3-2. The molecule has 0 fully saturated rings. The smallest absolute Gasteiger partial charge is 0.0748 e. The first-order chi connectivity index (χ1) is 19.6. The van der Waals surface area contributed by atoms with E-state index in [1.807, 2.05) is 85.3 Å². The Morgan fingerprint density at radius 2 is 1.17 bits per heavy atom. The van der Waals surface area contributed by atoms with Crippen LogP contribution in [0, 0.1) is 19.1 Å². The first-order valence-electron chi connectivity index (χ1n) is 13.5. The monoisotopic (exact) mass is 710 g/mol. The van der Waals surface area contributed by atoms with Crippen molar-refractivity contribution < 1.29 is 20.1 Å². The van der Waals surface area contributed by atoms with Gasteiger partial charge in [-0.25, -0.2) is 0 Å². The molecule has 0 aliphatic carbocycles. The van der Waals surface area contributed by atoms with Crippen LogP contribution in [-0.4, -0.2) is 15.0 Å². The van der Waals surface area contributed by atoms with Crippen molar-refractivity contribution >= 4 is 0 Å². The fourth-order valence-corrected chi connectivity index (χ4v) is 4.37. The Bertz CT molecular complexity index is 1650. The van der Waals surface area contributed by atoms with Crippen LogP contribution in [-0.2, 0) is 20.1 Å². The van der Waals surface area contributed by atoms with Gasteiger partial charge < -0.3 is 4.98 Å². The average molecular weight is 710 g/mol. The Labute approximate surface area is 256 Å². The number of rotatable bonds is 5. The molecular weight excluding hydrogens is 679 g/mol. The van der Waals surface area contributed by atoms with Crippen molar-refractivity contribution in [1.29, 1.82) is 0 Å². The molecule has 0 saturated heterocycles. The molecule has 0 aliphatic rings. The zero-order valence-corrected chi connectivity index (χ0v) is 25.8. The first kappa shape index (κ1) is 29.7. The summed E-state index contributed by atoms with van der Waals surface area (Å²) in [5.41, 5.74) is 9.97. The van der Waals surface area contributed by atoms with Gasteiger partial charge in [0.1, 0.15) is 0 Å². The predicted molar refractivity (Wildman–Crippen MR) is 165 cm³/mol. The first-order valence-corrected chi connectivity index (χ1v) is 13.5. The molecule has 0 spiro atoms. The molecule has 4 aromatic carbocycles. The van der Waals surface area contributed by atoms with Crippen molar-refractivity contribution in [3.05, 3.63) is 151 Å². The van der Waals surface area contributed by atoms with E-state index in [2.05, 4.69) is 90.3 Å². The van der Waals surface area contributed by atoms with E-state index in [0.717, 1.165) is 39.3 Å². The van der Waals surface area contributed by atoms with Crippen molar-refractivity contribution in [3.8, 4) is 44.9 Å². The van der Waals surface area contributed by atoms with Gasteiger partial charge in [0, 0.05) is 38.7 Å². The molecule has 1 radical (unpaired) electrons. The summed E-state index contributed by atoms with van der Waals surface area (Å²) in [5.74, 6) is 1.16. The van der Waals surface area contributed by atoms with Crippen molar-refractivity contribution in [3.63, 3.8) is 0 Å². The van der Waals surface area contributed by atoms with Crippen LogP contribution in [0.25, 0.3) is 44.9 Å². The molecule has 0 unspecified atom stereocenters. The standard InChI is InChI=1S/C19H17N2.C18H14N.Ir/c1-14(2)18-12-20-19(21-13-18)17-10-6-9-16(11-17)15-7-4-3-5-8-15;1-14-12-17(15-8-4-2-5-9-15)13-19-18(14)16-10-6-3-7-11-16;/h3-9,11-14H,1-2H3;2-10,12-13H,1H3;/q2*-1;. The second-order valence-corrected chi connectivity index (χ2v) is 9.88. The molecule has 6 aromatic rings. The van der Waals surface area contributed by atoms with Crippen molar-refractivity contribution in [1.82, 2.24) is 15.0 Å². The second kappa shape index (κ2) is 14.4. The third kappa shape index (κ3) is 7.70. The maximum Gasteiger partial charge on any atom is 0.0748 e. The van der Waals surface area contributed by atoms with Crippen LogP contribution in [0.4, 0.5) is 0 Å². The Morgan fingerprint density at radius 3 is 1.76 bits per heavy atom. The Kier molecular flexibility index (Phi) is 10.4. The SMILES string of the molecule is CC(C)c1cnc(-c2[c-]ccc(-c3ccccc3)c2)nc1.Cc1cc(-c2ccccc2)cnc1-c1[c-]cccc1.[Ir]. The van der Waals surface area contributed by atoms with E-state index in [-0.39, 0.29) is 20.1 Å². The molecule has 2 heterocycles. The quantitative estimate of drug-likeness (QED) is 0.168. The van der Waals surface area contributed by atoms with Crippen LogP contribution in [0.1, 0.15) is 30.9 Å². The van der Waals surface area contributed by atoms with Gasteiger partial charge in [-0.15, -0.1) is 71.3 Å². The zero-order valence-electron chi connectivity index (χ0n) is 23.4. The Morgan fingerprint density at radius 1 is 0.561 bits per heavy atom. The summed E-state index contributed by atoms with van der Waals surface area (Å²) in [7, 11) is 0. The van der Waals surface area contributed by atoms with E-state index in [4.69, 9.17) is 0 Å². The summed E-state index contributed by atoms with van der Waals surface area (Å²) in [5, 5.41) is 0. The molecule has 0 atom stereocenters. The van der Waals surface area contributed by atoms with Gasteiger partial charge in [-0.3, -0.25) is 9.97 Å². The summed E-state index contributed by atoms with van der Waals surface area (Å²) in [6.07, 6.45) is 5.73. The van der Waals surface area contributed by atoms with Crippen LogP contribution in [0.3, 0.4) is 0 Å². The minimum atomic E-state index is 0. The molecule has 6 rings (SSSR count). The number of nitrogens with zero attached hydrogens (tertiary/aromatic N) is 3. The largest absolute Gasteiger partial charge is 0.304 e. The summed E-state index contributed by atoms with van der Waals surface area (Å²) in [6.45, 7) is 6.37. The number of aryl methyl sites for hydroxylation is 1.